The summed E-state index contributed by atoms with van der Waals surface area (Å²) in [5.74, 6) is -0.705. The number of carbonyl (C=O) groups excluding carboxylic acids is 2. The number of carbonyl (C=O) groups is 2. The topological polar surface area (TPSA) is 49.4 Å². The Hall–Kier alpha value is -2.24. The molecule has 6 heteroatoms. The molecule has 4 nitrogen and oxygen atoms in total. The van der Waals surface area contributed by atoms with Gasteiger partial charge in [-0.1, -0.05) is 25.6 Å². The summed E-state index contributed by atoms with van der Waals surface area (Å²) in [7, 11) is 0. The predicted octanol–water partition coefficient (Wildman–Crippen LogP) is 2.86. The van der Waals surface area contributed by atoms with Crippen molar-refractivity contribution >= 4 is 17.5 Å². The fourth-order valence-corrected chi connectivity index (χ4v) is 1.99. The number of alkyl halides is 2. The van der Waals surface area contributed by atoms with Gasteiger partial charge in [-0.3, -0.25) is 9.59 Å². The van der Waals surface area contributed by atoms with Crippen LogP contribution in [0.15, 0.2) is 36.9 Å². The minimum atomic E-state index is -2.55. The molecule has 0 saturated heterocycles. The van der Waals surface area contributed by atoms with Gasteiger partial charge in [0, 0.05) is 12.2 Å². The van der Waals surface area contributed by atoms with Gasteiger partial charge in [-0.25, -0.2) is 8.78 Å². The van der Waals surface area contributed by atoms with Crippen molar-refractivity contribution in [1.29, 1.82) is 0 Å². The van der Waals surface area contributed by atoms with E-state index in [9.17, 15) is 18.4 Å². The first-order valence-electron chi connectivity index (χ1n) is 7.04. The molecule has 0 radical (unpaired) electrons. The molecule has 2 amide bonds. The van der Waals surface area contributed by atoms with Gasteiger partial charge < -0.3 is 10.2 Å². The Morgan fingerprint density at radius 1 is 1.41 bits per heavy atom. The number of benzene rings is 1. The van der Waals surface area contributed by atoms with Crippen LogP contribution in [-0.2, 0) is 16.0 Å². The molecule has 0 aliphatic heterocycles. The maximum absolute atomic E-state index is 12.5. The molecule has 0 atom stereocenters. The second kappa shape index (κ2) is 8.92. The molecular weight excluding hydrogens is 290 g/mol. The van der Waals surface area contributed by atoms with Crippen LogP contribution < -0.4 is 5.32 Å². The highest BCUT2D eigenvalue weighted by Crippen LogP contribution is 2.13. The number of hydrogen-bond donors (Lipinski definition) is 1. The summed E-state index contributed by atoms with van der Waals surface area (Å²) in [4.78, 5) is 24.5. The van der Waals surface area contributed by atoms with Gasteiger partial charge in [0.05, 0.1) is 13.0 Å². The Bertz CT molecular complexity index is 533. The molecule has 0 bridgehead atoms. The number of nitrogens with one attached hydrogen (secondary N) is 1. The van der Waals surface area contributed by atoms with E-state index in [0.29, 0.717) is 24.2 Å². The van der Waals surface area contributed by atoms with Crippen molar-refractivity contribution in [3.63, 3.8) is 0 Å². The molecule has 0 heterocycles. The zero-order valence-corrected chi connectivity index (χ0v) is 12.5. The lowest BCUT2D eigenvalue weighted by atomic mass is 10.1. The van der Waals surface area contributed by atoms with E-state index in [-0.39, 0.29) is 18.2 Å². The quantitative estimate of drug-likeness (QED) is 0.751. The molecule has 22 heavy (non-hydrogen) atoms. The molecular formula is C16H20F2N2O2. The first-order valence-corrected chi connectivity index (χ1v) is 7.04. The van der Waals surface area contributed by atoms with E-state index < -0.39 is 13.0 Å². The fraction of sp³-hybridized carbons (Fsp3) is 0.375. The van der Waals surface area contributed by atoms with Crippen LogP contribution in [0.1, 0.15) is 18.9 Å². The van der Waals surface area contributed by atoms with Gasteiger partial charge in [-0.15, -0.1) is 0 Å². The lowest BCUT2D eigenvalue weighted by molar-refractivity contribution is -0.132. The molecule has 0 aliphatic rings. The third-order valence-electron chi connectivity index (χ3n) is 2.94. The summed E-state index contributed by atoms with van der Waals surface area (Å²) in [5.41, 5.74) is 1.19. The number of halogens is 2. The lowest BCUT2D eigenvalue weighted by Crippen LogP contribution is -2.36. The summed E-state index contributed by atoms with van der Waals surface area (Å²) in [5, 5.41) is 2.59. The normalized spacial score (nSPS) is 10.4. The second-order valence-electron chi connectivity index (χ2n) is 4.80. The third kappa shape index (κ3) is 6.03. The smallest absolute Gasteiger partial charge is 0.255 e. The van der Waals surface area contributed by atoms with Crippen LogP contribution in [0.25, 0.3) is 0 Å². The van der Waals surface area contributed by atoms with Gasteiger partial charge in [0.1, 0.15) is 0 Å². The zero-order chi connectivity index (χ0) is 16.5. The van der Waals surface area contributed by atoms with Crippen molar-refractivity contribution in [2.45, 2.75) is 26.2 Å². The molecule has 0 aliphatic carbocycles. The summed E-state index contributed by atoms with van der Waals surface area (Å²) in [6, 6.07) is 6.73. The summed E-state index contributed by atoms with van der Waals surface area (Å²) in [6.07, 6.45) is -0.768. The van der Waals surface area contributed by atoms with Crippen LogP contribution in [0.4, 0.5) is 14.5 Å². The minimum Gasteiger partial charge on any atom is -0.337 e. The molecule has 0 fully saturated rings. The van der Waals surface area contributed by atoms with Crippen LogP contribution in [0.2, 0.25) is 0 Å². The molecule has 1 aromatic rings. The Labute approximate surface area is 128 Å². The molecule has 0 aromatic heterocycles. The second-order valence-corrected chi connectivity index (χ2v) is 4.80. The van der Waals surface area contributed by atoms with Gasteiger partial charge in [0.25, 0.3) is 6.43 Å². The molecule has 0 spiro atoms. The number of rotatable bonds is 8. The van der Waals surface area contributed by atoms with E-state index in [2.05, 4.69) is 11.9 Å². The highest BCUT2D eigenvalue weighted by Gasteiger charge is 2.17. The van der Waals surface area contributed by atoms with Gasteiger partial charge in [0.15, 0.2) is 0 Å². The Balaban J connectivity index is 2.75. The first kappa shape index (κ1) is 17.8. The van der Waals surface area contributed by atoms with Crippen molar-refractivity contribution < 1.29 is 18.4 Å². The molecule has 1 N–H and O–H groups in total. The van der Waals surface area contributed by atoms with E-state index in [1.165, 1.54) is 4.90 Å². The number of hydrogen-bond acceptors (Lipinski definition) is 2. The van der Waals surface area contributed by atoms with Crippen LogP contribution >= 0.6 is 0 Å². The SMILES string of the molecule is C=CC(=O)Nc1cccc(CC(=O)N(CCC)CC(F)F)c1. The van der Waals surface area contributed by atoms with Crippen molar-refractivity contribution in [3.8, 4) is 0 Å². The standard InChI is InChI=1S/C16H20F2N2O2/c1-3-8-20(11-14(17)18)16(22)10-12-6-5-7-13(9-12)19-15(21)4-2/h4-7,9,14H,2-3,8,10-11H2,1H3,(H,19,21). The van der Waals surface area contributed by atoms with Crippen molar-refractivity contribution in [3.05, 3.63) is 42.5 Å². The fourth-order valence-electron chi connectivity index (χ4n) is 1.99. The average Bonchev–Trinajstić information content (AvgIpc) is 2.46. The van der Waals surface area contributed by atoms with E-state index in [1.54, 1.807) is 24.3 Å². The van der Waals surface area contributed by atoms with Gasteiger partial charge >= 0.3 is 0 Å². The van der Waals surface area contributed by atoms with Crippen LogP contribution in [0.5, 0.6) is 0 Å². The Morgan fingerprint density at radius 3 is 2.73 bits per heavy atom. The van der Waals surface area contributed by atoms with Crippen LogP contribution in [0, 0.1) is 0 Å². The predicted molar refractivity (Wildman–Crippen MR) is 81.8 cm³/mol. The van der Waals surface area contributed by atoms with Crippen LogP contribution in [-0.4, -0.2) is 36.2 Å². The first-order chi connectivity index (χ1) is 10.5. The number of anilines is 1. The minimum absolute atomic E-state index is 0.0184. The van der Waals surface area contributed by atoms with Crippen molar-refractivity contribution in [2.24, 2.45) is 0 Å². The largest absolute Gasteiger partial charge is 0.337 e. The summed E-state index contributed by atoms with van der Waals surface area (Å²) in [6.45, 7) is 4.93. The van der Waals surface area contributed by atoms with Crippen LogP contribution in [0.3, 0.4) is 0 Å². The summed E-state index contributed by atoms with van der Waals surface area (Å²) < 4.78 is 25.0. The molecule has 1 aromatic carbocycles. The third-order valence-corrected chi connectivity index (χ3v) is 2.94. The highest BCUT2D eigenvalue weighted by molar-refractivity contribution is 5.98. The number of nitrogens with zero attached hydrogens (tertiary/aromatic N) is 1. The Morgan fingerprint density at radius 2 is 2.14 bits per heavy atom. The maximum atomic E-state index is 12.5. The van der Waals surface area contributed by atoms with E-state index in [4.69, 9.17) is 0 Å². The van der Waals surface area contributed by atoms with Gasteiger partial charge in [0.2, 0.25) is 11.8 Å². The van der Waals surface area contributed by atoms with Gasteiger partial charge in [-0.2, -0.15) is 0 Å². The molecule has 0 unspecified atom stereocenters. The van der Waals surface area contributed by atoms with Crippen molar-refractivity contribution in [1.82, 2.24) is 4.90 Å². The van der Waals surface area contributed by atoms with Gasteiger partial charge in [-0.05, 0) is 30.2 Å². The van der Waals surface area contributed by atoms with Crippen molar-refractivity contribution in [2.75, 3.05) is 18.4 Å². The zero-order valence-electron chi connectivity index (χ0n) is 12.5. The van der Waals surface area contributed by atoms with E-state index in [1.807, 2.05) is 6.92 Å². The average molecular weight is 310 g/mol. The molecule has 120 valence electrons. The molecule has 0 saturated carbocycles. The lowest BCUT2D eigenvalue weighted by Gasteiger charge is -2.21. The monoisotopic (exact) mass is 310 g/mol. The Kier molecular flexibility index (Phi) is 7.22. The molecule has 1 rings (SSSR count). The highest BCUT2D eigenvalue weighted by atomic mass is 19.3. The maximum Gasteiger partial charge on any atom is 0.255 e. The summed E-state index contributed by atoms with van der Waals surface area (Å²) >= 11 is 0. The number of amides is 2. The van der Waals surface area contributed by atoms with E-state index >= 15 is 0 Å². The van der Waals surface area contributed by atoms with E-state index in [0.717, 1.165) is 6.08 Å².